The van der Waals surface area contributed by atoms with E-state index in [9.17, 15) is 4.79 Å². The monoisotopic (exact) mass is 224 g/mol. The van der Waals surface area contributed by atoms with E-state index in [0.29, 0.717) is 17.9 Å². The molecule has 16 heavy (non-hydrogen) atoms. The fourth-order valence-corrected chi connectivity index (χ4v) is 2.82. The van der Waals surface area contributed by atoms with E-state index in [1.165, 1.54) is 32.1 Å². The van der Waals surface area contributed by atoms with Crippen molar-refractivity contribution in [3.63, 3.8) is 0 Å². The molecule has 0 aromatic carbocycles. The number of hydrogen-bond acceptors (Lipinski definition) is 2. The summed E-state index contributed by atoms with van der Waals surface area (Å²) in [5, 5.41) is 3.24. The van der Waals surface area contributed by atoms with Gasteiger partial charge in [0.05, 0.1) is 0 Å². The summed E-state index contributed by atoms with van der Waals surface area (Å²) in [7, 11) is 0. The Labute approximate surface area is 98.6 Å². The van der Waals surface area contributed by atoms with Gasteiger partial charge >= 0.3 is 0 Å². The molecule has 0 aromatic rings. The van der Waals surface area contributed by atoms with Gasteiger partial charge in [0.15, 0.2) is 0 Å². The number of carbonyl (C=O) groups excluding carboxylic acids is 1. The number of hydrogen-bond donors (Lipinski definition) is 1. The molecule has 1 N–H and O–H groups in total. The molecule has 2 saturated heterocycles. The number of amides is 1. The van der Waals surface area contributed by atoms with Gasteiger partial charge in [-0.3, -0.25) is 4.79 Å². The first kappa shape index (κ1) is 11.9. The van der Waals surface area contributed by atoms with Gasteiger partial charge in [0.2, 0.25) is 5.91 Å². The van der Waals surface area contributed by atoms with Crippen molar-refractivity contribution < 1.29 is 4.79 Å². The van der Waals surface area contributed by atoms with Crippen LogP contribution in [0, 0.1) is 5.92 Å². The third-order valence-corrected chi connectivity index (χ3v) is 3.90. The Morgan fingerprint density at radius 3 is 2.81 bits per heavy atom. The molecule has 1 unspecified atom stereocenters. The zero-order valence-corrected chi connectivity index (χ0v) is 10.4. The van der Waals surface area contributed by atoms with E-state index in [0.717, 1.165) is 26.1 Å². The second-order valence-corrected chi connectivity index (χ2v) is 5.25. The van der Waals surface area contributed by atoms with Crippen LogP contribution in [0.25, 0.3) is 0 Å². The van der Waals surface area contributed by atoms with Gasteiger partial charge in [-0.2, -0.15) is 0 Å². The zero-order valence-electron chi connectivity index (χ0n) is 10.4. The minimum absolute atomic E-state index is 0.407. The van der Waals surface area contributed by atoms with Crippen LogP contribution in [0.3, 0.4) is 0 Å². The highest BCUT2D eigenvalue weighted by Crippen LogP contribution is 2.23. The number of likely N-dealkylation sites (tertiary alicyclic amines) is 1. The maximum absolute atomic E-state index is 12.2. The minimum Gasteiger partial charge on any atom is -0.340 e. The first-order valence-corrected chi connectivity index (χ1v) is 6.81. The molecule has 1 amide bonds. The lowest BCUT2D eigenvalue weighted by molar-refractivity contribution is -0.136. The van der Waals surface area contributed by atoms with Crippen LogP contribution >= 0.6 is 0 Å². The van der Waals surface area contributed by atoms with Crippen LogP contribution in [0.5, 0.6) is 0 Å². The van der Waals surface area contributed by atoms with E-state index < -0.39 is 0 Å². The molecule has 2 aliphatic rings. The van der Waals surface area contributed by atoms with E-state index in [2.05, 4.69) is 17.1 Å². The average Bonchev–Trinajstić information content (AvgIpc) is 2.24. The molecular formula is C13H24N2O. The highest BCUT2D eigenvalue weighted by atomic mass is 16.2. The molecule has 0 saturated carbocycles. The smallest absolute Gasteiger partial charge is 0.223 e. The van der Waals surface area contributed by atoms with Crippen LogP contribution in [0.2, 0.25) is 0 Å². The molecule has 0 aliphatic carbocycles. The van der Waals surface area contributed by atoms with Crippen LogP contribution in [0.4, 0.5) is 0 Å². The maximum atomic E-state index is 12.2. The van der Waals surface area contributed by atoms with Gasteiger partial charge in [-0.1, -0.05) is 13.3 Å². The summed E-state index contributed by atoms with van der Waals surface area (Å²) in [6, 6.07) is 0.541. The van der Waals surface area contributed by atoms with Crippen molar-refractivity contribution in [3.8, 4) is 0 Å². The fraction of sp³-hybridized carbons (Fsp3) is 0.923. The number of rotatable bonds is 4. The second-order valence-electron chi connectivity index (χ2n) is 5.25. The van der Waals surface area contributed by atoms with E-state index in [-0.39, 0.29) is 0 Å². The Morgan fingerprint density at radius 2 is 2.19 bits per heavy atom. The highest BCUT2D eigenvalue weighted by Gasteiger charge is 2.29. The molecule has 2 rings (SSSR count). The molecule has 0 spiro atoms. The summed E-state index contributed by atoms with van der Waals surface area (Å²) in [6.07, 6.45) is 6.89. The Bertz CT molecular complexity index is 236. The summed E-state index contributed by atoms with van der Waals surface area (Å²) in [4.78, 5) is 14.4. The third kappa shape index (κ3) is 2.76. The van der Waals surface area contributed by atoms with Crippen molar-refractivity contribution in [3.05, 3.63) is 0 Å². The summed E-state index contributed by atoms with van der Waals surface area (Å²) in [5.74, 6) is 1.02. The molecule has 0 aromatic heterocycles. The second kappa shape index (κ2) is 5.67. The predicted molar refractivity (Wildman–Crippen MR) is 65.2 cm³/mol. The normalized spacial score (nSPS) is 26.6. The predicted octanol–water partition coefficient (Wildman–Crippen LogP) is 1.78. The van der Waals surface area contributed by atoms with Crippen LogP contribution in [-0.2, 0) is 4.79 Å². The van der Waals surface area contributed by atoms with Gasteiger partial charge in [0, 0.05) is 19.0 Å². The average molecular weight is 224 g/mol. The van der Waals surface area contributed by atoms with Crippen molar-refractivity contribution in [1.82, 2.24) is 10.2 Å². The molecule has 2 heterocycles. The maximum Gasteiger partial charge on any atom is 0.223 e. The van der Waals surface area contributed by atoms with Gasteiger partial charge < -0.3 is 10.2 Å². The Morgan fingerprint density at radius 1 is 1.38 bits per heavy atom. The van der Waals surface area contributed by atoms with Gasteiger partial charge in [-0.25, -0.2) is 0 Å². The quantitative estimate of drug-likeness (QED) is 0.789. The lowest BCUT2D eigenvalue weighted by Gasteiger charge is -2.37. The van der Waals surface area contributed by atoms with Gasteiger partial charge in [0.1, 0.15) is 0 Å². The summed E-state index contributed by atoms with van der Waals surface area (Å²) < 4.78 is 0. The SMILES string of the molecule is CCCC1CCCCN1C(=O)CC1CNC1. The summed E-state index contributed by atoms with van der Waals surface area (Å²) >= 11 is 0. The molecule has 0 radical (unpaired) electrons. The fourth-order valence-electron chi connectivity index (χ4n) is 2.82. The Kier molecular flexibility index (Phi) is 4.22. The van der Waals surface area contributed by atoms with Gasteiger partial charge in [-0.15, -0.1) is 0 Å². The largest absolute Gasteiger partial charge is 0.340 e. The van der Waals surface area contributed by atoms with Crippen LogP contribution in [0.1, 0.15) is 45.4 Å². The number of nitrogens with zero attached hydrogens (tertiary/aromatic N) is 1. The molecular weight excluding hydrogens is 200 g/mol. The molecule has 2 aliphatic heterocycles. The van der Waals surface area contributed by atoms with Gasteiger partial charge in [0.25, 0.3) is 0 Å². The molecule has 2 fully saturated rings. The standard InChI is InChI=1S/C13H24N2O/c1-2-5-12-6-3-4-7-15(12)13(16)8-11-9-14-10-11/h11-12,14H,2-10H2,1H3. The van der Waals surface area contributed by atoms with Crippen LogP contribution in [-0.4, -0.2) is 36.5 Å². The van der Waals surface area contributed by atoms with E-state index >= 15 is 0 Å². The van der Waals surface area contributed by atoms with Crippen molar-refractivity contribution in [2.45, 2.75) is 51.5 Å². The number of carbonyl (C=O) groups is 1. The van der Waals surface area contributed by atoms with Gasteiger partial charge in [-0.05, 0) is 44.7 Å². The molecule has 3 heteroatoms. The Hall–Kier alpha value is -0.570. The lowest BCUT2D eigenvalue weighted by Crippen LogP contribution is -2.48. The Balaban J connectivity index is 1.85. The molecule has 92 valence electrons. The van der Waals surface area contributed by atoms with Crippen molar-refractivity contribution in [2.24, 2.45) is 5.92 Å². The van der Waals surface area contributed by atoms with E-state index in [1.807, 2.05) is 0 Å². The third-order valence-electron chi connectivity index (χ3n) is 3.90. The van der Waals surface area contributed by atoms with Crippen LogP contribution < -0.4 is 5.32 Å². The number of nitrogens with one attached hydrogen (secondary N) is 1. The van der Waals surface area contributed by atoms with E-state index in [4.69, 9.17) is 0 Å². The highest BCUT2D eigenvalue weighted by molar-refractivity contribution is 5.77. The lowest BCUT2D eigenvalue weighted by atomic mass is 9.94. The zero-order chi connectivity index (χ0) is 11.4. The molecule has 3 nitrogen and oxygen atoms in total. The van der Waals surface area contributed by atoms with Crippen molar-refractivity contribution in [1.29, 1.82) is 0 Å². The molecule has 1 atom stereocenters. The summed E-state index contributed by atoms with van der Waals surface area (Å²) in [6.45, 7) is 5.30. The minimum atomic E-state index is 0.407. The number of piperidine rings is 1. The van der Waals surface area contributed by atoms with Crippen LogP contribution in [0.15, 0.2) is 0 Å². The summed E-state index contributed by atoms with van der Waals surface area (Å²) in [5.41, 5.74) is 0. The van der Waals surface area contributed by atoms with E-state index in [1.54, 1.807) is 0 Å². The molecule has 0 bridgehead atoms. The topological polar surface area (TPSA) is 32.3 Å². The van der Waals surface area contributed by atoms with Crippen molar-refractivity contribution >= 4 is 5.91 Å². The first-order valence-electron chi connectivity index (χ1n) is 6.81. The first-order chi connectivity index (χ1) is 7.81. The van der Waals surface area contributed by atoms with Crippen molar-refractivity contribution in [2.75, 3.05) is 19.6 Å².